The van der Waals surface area contributed by atoms with Crippen LogP contribution in [0.2, 0.25) is 0 Å². The molecule has 6 fully saturated rings. The van der Waals surface area contributed by atoms with Crippen LogP contribution in [0.3, 0.4) is 0 Å². The summed E-state index contributed by atoms with van der Waals surface area (Å²) in [7, 11) is 0. The van der Waals surface area contributed by atoms with Crippen LogP contribution in [0.4, 0.5) is 10.6 Å². The van der Waals surface area contributed by atoms with Gasteiger partial charge in [0, 0.05) is 24.2 Å². The summed E-state index contributed by atoms with van der Waals surface area (Å²) >= 11 is 0. The number of hydrogen-bond acceptors (Lipinski definition) is 5. The number of carbonyl (C=O) groups excluding carboxylic acids is 2. The molecule has 1 unspecified atom stereocenters. The van der Waals surface area contributed by atoms with Gasteiger partial charge in [-0.2, -0.15) is 0 Å². The van der Waals surface area contributed by atoms with Crippen molar-refractivity contribution in [2.75, 3.05) is 4.90 Å². The summed E-state index contributed by atoms with van der Waals surface area (Å²) in [5.41, 5.74) is 0.0345. The zero-order valence-corrected chi connectivity index (χ0v) is 23.0. The number of benzene rings is 1. The van der Waals surface area contributed by atoms with E-state index in [9.17, 15) is 14.4 Å². The number of nitrogens with one attached hydrogen (secondary N) is 1. The van der Waals surface area contributed by atoms with Gasteiger partial charge in [-0.1, -0.05) is 18.6 Å². The minimum Gasteiger partial charge on any atom is -0.323 e. The maximum atomic E-state index is 14.2. The molecule has 3 saturated heterocycles. The van der Waals surface area contributed by atoms with Gasteiger partial charge in [0.15, 0.2) is 0 Å². The average Bonchev–Trinajstić information content (AvgIpc) is 3.23. The topological polar surface area (TPSA) is 87.5 Å². The van der Waals surface area contributed by atoms with Gasteiger partial charge in [-0.3, -0.25) is 14.5 Å². The summed E-state index contributed by atoms with van der Waals surface area (Å²) in [4.78, 5) is 48.7. The number of rotatable bonds is 3. The molecule has 1 aromatic heterocycles. The van der Waals surface area contributed by atoms with E-state index in [1.807, 2.05) is 28.8 Å². The molecule has 0 spiro atoms. The number of piperidine rings is 2. The normalized spacial score (nSPS) is 39.0. The van der Waals surface area contributed by atoms with Gasteiger partial charge in [-0.05, 0) is 107 Å². The number of para-hydroxylation sites is 2. The lowest BCUT2D eigenvalue weighted by Crippen LogP contribution is -2.58. The lowest BCUT2D eigenvalue weighted by Gasteiger charge is -2.54. The van der Waals surface area contributed by atoms with E-state index in [2.05, 4.69) is 15.2 Å². The number of urea groups is 1. The molecule has 3 aliphatic heterocycles. The Bertz CT molecular complexity index is 1420. The zero-order chi connectivity index (χ0) is 26.6. The highest BCUT2D eigenvalue weighted by atomic mass is 16.2. The molecule has 8 atom stereocenters. The highest BCUT2D eigenvalue weighted by molar-refractivity contribution is 6.22. The first kappa shape index (κ1) is 24.1. The maximum Gasteiger partial charge on any atom is 0.331 e. The summed E-state index contributed by atoms with van der Waals surface area (Å²) in [6, 6.07) is 8.78. The largest absolute Gasteiger partial charge is 0.331 e. The first-order chi connectivity index (χ1) is 18.8. The Balaban J connectivity index is 1.16. The molecule has 3 aliphatic carbocycles. The van der Waals surface area contributed by atoms with E-state index >= 15 is 0 Å². The Morgan fingerprint density at radius 1 is 0.846 bits per heavy atom. The molecule has 8 nitrogen and oxygen atoms in total. The van der Waals surface area contributed by atoms with Gasteiger partial charge in [0.05, 0.1) is 11.0 Å². The summed E-state index contributed by atoms with van der Waals surface area (Å²) in [5.74, 6) is 3.38. The first-order valence-electron chi connectivity index (χ1n) is 15.2. The second-order valence-electron chi connectivity index (χ2n) is 14.0. The molecule has 206 valence electrons. The monoisotopic (exact) mass is 529 g/mol. The molecule has 2 aromatic rings. The van der Waals surface area contributed by atoms with Crippen molar-refractivity contribution >= 4 is 28.8 Å². The molecule has 8 rings (SSSR count). The molecule has 4 heterocycles. The molecule has 8 heteroatoms. The van der Waals surface area contributed by atoms with Crippen LogP contribution in [0.15, 0.2) is 29.1 Å². The number of nitrogens with zero attached hydrogens (tertiary/aromatic N) is 4. The minimum atomic E-state index is -1.07. The van der Waals surface area contributed by atoms with E-state index in [1.54, 1.807) is 13.8 Å². The van der Waals surface area contributed by atoms with Crippen LogP contribution in [-0.4, -0.2) is 50.1 Å². The molecule has 4 bridgehead atoms. The van der Waals surface area contributed by atoms with Gasteiger partial charge in [0.1, 0.15) is 5.54 Å². The van der Waals surface area contributed by atoms with E-state index in [4.69, 9.17) is 0 Å². The lowest BCUT2D eigenvalue weighted by molar-refractivity contribution is -0.121. The third-order valence-corrected chi connectivity index (χ3v) is 11.4. The van der Waals surface area contributed by atoms with Crippen LogP contribution >= 0.6 is 0 Å². The summed E-state index contributed by atoms with van der Waals surface area (Å²) in [6.45, 7) is 3.32. The van der Waals surface area contributed by atoms with Crippen molar-refractivity contribution in [2.24, 2.45) is 23.7 Å². The fourth-order valence-electron chi connectivity index (χ4n) is 9.82. The highest BCUT2D eigenvalue weighted by Gasteiger charge is 2.53. The molecule has 3 amide bonds. The first-order valence-corrected chi connectivity index (χ1v) is 15.2. The zero-order valence-electron chi connectivity index (χ0n) is 23.0. The Morgan fingerprint density at radius 3 is 2.33 bits per heavy atom. The number of anilines is 1. The van der Waals surface area contributed by atoms with Crippen molar-refractivity contribution < 1.29 is 9.59 Å². The Kier molecular flexibility index (Phi) is 5.18. The molecular weight excluding hydrogens is 490 g/mol. The molecular formula is C31H39N5O3. The van der Waals surface area contributed by atoms with Crippen molar-refractivity contribution in [1.82, 2.24) is 19.8 Å². The number of fused-ring (bicyclic) bond motifs is 4. The Hall–Kier alpha value is -2.74. The molecule has 1 aromatic carbocycles. The molecule has 39 heavy (non-hydrogen) atoms. The third-order valence-electron chi connectivity index (χ3n) is 11.4. The van der Waals surface area contributed by atoms with E-state index in [0.29, 0.717) is 23.6 Å². The molecule has 3 saturated carbocycles. The van der Waals surface area contributed by atoms with Crippen LogP contribution in [0.25, 0.3) is 11.0 Å². The van der Waals surface area contributed by atoms with Gasteiger partial charge >= 0.3 is 6.03 Å². The minimum absolute atomic E-state index is 0.0276. The number of hydrogen-bond donors (Lipinski definition) is 1. The highest BCUT2D eigenvalue weighted by Crippen LogP contribution is 2.59. The van der Waals surface area contributed by atoms with E-state index < -0.39 is 17.5 Å². The fourth-order valence-corrected chi connectivity index (χ4v) is 9.82. The van der Waals surface area contributed by atoms with Crippen LogP contribution in [0.5, 0.6) is 0 Å². The van der Waals surface area contributed by atoms with Crippen LogP contribution in [0.1, 0.15) is 84.1 Å². The number of amides is 3. The second-order valence-corrected chi connectivity index (χ2v) is 14.0. The lowest BCUT2D eigenvalue weighted by atomic mass is 9.64. The van der Waals surface area contributed by atoms with Gasteiger partial charge in [-0.25, -0.2) is 14.7 Å². The fraction of sp³-hybridized carbons (Fsp3) is 0.677. The average molecular weight is 530 g/mol. The Labute approximate surface area is 229 Å². The standard InChI is InChI=1S/C31H39N5O3/c1-31(2)29(38)36(30(39)33-31)27-28(37)35(26-9-4-3-8-25(26)32-27)23-15-20-6-5-7-21(16-23)34(20)22-11-17-10-18-13-19(14-22)24(18)12-17/h3-4,8-9,17-24H,5-7,10-16H2,1-2H3,(H,33,39)/t17-,18+,19+,20-,21+,22-,23+,24?/m1/s1. The van der Waals surface area contributed by atoms with Crippen molar-refractivity contribution in [1.29, 1.82) is 0 Å². The van der Waals surface area contributed by atoms with E-state index in [1.165, 1.54) is 51.4 Å². The van der Waals surface area contributed by atoms with Gasteiger partial charge in [0.25, 0.3) is 11.5 Å². The second kappa shape index (κ2) is 8.38. The van der Waals surface area contributed by atoms with Crippen molar-refractivity contribution in [2.45, 2.75) is 108 Å². The van der Waals surface area contributed by atoms with Crippen LogP contribution < -0.4 is 15.8 Å². The van der Waals surface area contributed by atoms with E-state index in [-0.39, 0.29) is 17.4 Å². The van der Waals surface area contributed by atoms with E-state index in [0.717, 1.165) is 46.9 Å². The SMILES string of the molecule is CC1(C)NC(=O)N(c2nc3ccccc3n([C@H]3C[C@H]4CCC[C@@H](C3)N4[C@@H]3C[C@@H]4CC5[C@@H](C4)C[C@H]5C3)c2=O)C1=O. The van der Waals surface area contributed by atoms with Crippen LogP contribution in [0, 0.1) is 23.7 Å². The number of aromatic nitrogens is 2. The predicted octanol–water partition coefficient (Wildman–Crippen LogP) is 4.61. The smallest absolute Gasteiger partial charge is 0.323 e. The Morgan fingerprint density at radius 2 is 1.59 bits per heavy atom. The number of carbonyl (C=O) groups is 2. The molecule has 6 aliphatic rings. The van der Waals surface area contributed by atoms with Gasteiger partial charge in [-0.15, -0.1) is 0 Å². The number of imide groups is 1. The molecule has 1 N–H and O–H groups in total. The van der Waals surface area contributed by atoms with Gasteiger partial charge in [0.2, 0.25) is 5.82 Å². The molecule has 0 radical (unpaired) electrons. The predicted molar refractivity (Wildman–Crippen MR) is 148 cm³/mol. The summed E-state index contributed by atoms with van der Waals surface area (Å²) in [5, 5.41) is 2.71. The maximum absolute atomic E-state index is 14.2. The quantitative estimate of drug-likeness (QED) is 0.587. The summed E-state index contributed by atoms with van der Waals surface area (Å²) in [6.07, 6.45) is 12.7. The summed E-state index contributed by atoms with van der Waals surface area (Å²) < 4.78 is 1.89. The third kappa shape index (κ3) is 3.52. The van der Waals surface area contributed by atoms with Crippen molar-refractivity contribution in [3.8, 4) is 0 Å². The van der Waals surface area contributed by atoms with Gasteiger partial charge < -0.3 is 9.88 Å². The van der Waals surface area contributed by atoms with Crippen molar-refractivity contribution in [3.05, 3.63) is 34.6 Å². The van der Waals surface area contributed by atoms with Crippen LogP contribution in [-0.2, 0) is 4.79 Å². The van der Waals surface area contributed by atoms with Crippen molar-refractivity contribution in [3.63, 3.8) is 0 Å².